The zero-order valence-electron chi connectivity index (χ0n) is 18.1. The van der Waals surface area contributed by atoms with Crippen LogP contribution in [0.1, 0.15) is 41.0 Å². The molecular formula is C22H25Cl2N3O5. The molecule has 0 saturated carbocycles. The van der Waals surface area contributed by atoms with Crippen LogP contribution in [0.5, 0.6) is 11.5 Å². The normalized spacial score (nSPS) is 11.5. The van der Waals surface area contributed by atoms with E-state index in [0.717, 1.165) is 0 Å². The van der Waals surface area contributed by atoms with Crippen molar-refractivity contribution in [3.63, 3.8) is 0 Å². The fourth-order valence-electron chi connectivity index (χ4n) is 2.87. The molecule has 3 amide bonds. The Balaban J connectivity index is 2.07. The molecule has 10 heteroatoms. The Morgan fingerprint density at radius 1 is 0.906 bits per heavy atom. The molecule has 0 aromatic heterocycles. The number of methoxy groups -OCH3 is 2. The summed E-state index contributed by atoms with van der Waals surface area (Å²) in [6.07, 6.45) is 0.342. The molecule has 2 rings (SSSR count). The summed E-state index contributed by atoms with van der Waals surface area (Å²) in [5.74, 6) is -0.738. The maximum atomic E-state index is 12.7. The summed E-state index contributed by atoms with van der Waals surface area (Å²) < 4.78 is 10.3. The van der Waals surface area contributed by atoms with Crippen LogP contribution in [0, 0.1) is 5.92 Å². The Kier molecular flexibility index (Phi) is 9.16. The highest BCUT2D eigenvalue weighted by Crippen LogP contribution is 2.27. The summed E-state index contributed by atoms with van der Waals surface area (Å²) >= 11 is 12.0. The molecule has 0 spiro atoms. The van der Waals surface area contributed by atoms with Crippen molar-refractivity contribution in [3.8, 4) is 11.5 Å². The molecule has 0 saturated heterocycles. The van der Waals surface area contributed by atoms with Crippen LogP contribution in [-0.4, -0.2) is 38.0 Å². The first kappa shape index (κ1) is 25.3. The van der Waals surface area contributed by atoms with Gasteiger partial charge in [-0.25, -0.2) is 0 Å². The predicted octanol–water partition coefficient (Wildman–Crippen LogP) is 3.62. The highest BCUT2D eigenvalue weighted by molar-refractivity contribution is 6.36. The number of halogens is 2. The van der Waals surface area contributed by atoms with Gasteiger partial charge in [0.25, 0.3) is 17.7 Å². The zero-order chi connectivity index (χ0) is 23.8. The number of ether oxygens (including phenoxy) is 2. The molecule has 32 heavy (non-hydrogen) atoms. The molecule has 0 bridgehead atoms. The van der Waals surface area contributed by atoms with Gasteiger partial charge in [0.1, 0.15) is 6.04 Å². The third kappa shape index (κ3) is 6.77. The van der Waals surface area contributed by atoms with Gasteiger partial charge >= 0.3 is 0 Å². The summed E-state index contributed by atoms with van der Waals surface area (Å²) in [6, 6.07) is 8.13. The van der Waals surface area contributed by atoms with Crippen molar-refractivity contribution in [2.75, 3.05) is 14.2 Å². The fraction of sp³-hybridized carbons (Fsp3) is 0.318. The van der Waals surface area contributed by atoms with Crippen LogP contribution in [0.2, 0.25) is 10.0 Å². The molecule has 0 heterocycles. The molecule has 0 fully saturated rings. The molecule has 8 nitrogen and oxygen atoms in total. The minimum absolute atomic E-state index is 0.0910. The first-order chi connectivity index (χ1) is 15.2. The molecule has 0 aliphatic heterocycles. The summed E-state index contributed by atoms with van der Waals surface area (Å²) in [4.78, 5) is 37.8. The van der Waals surface area contributed by atoms with Crippen LogP contribution in [0.3, 0.4) is 0 Å². The van der Waals surface area contributed by atoms with Crippen molar-refractivity contribution >= 4 is 40.9 Å². The van der Waals surface area contributed by atoms with Gasteiger partial charge in [0, 0.05) is 10.6 Å². The van der Waals surface area contributed by atoms with Gasteiger partial charge in [-0.2, -0.15) is 0 Å². The molecule has 0 aliphatic rings. The monoisotopic (exact) mass is 481 g/mol. The van der Waals surface area contributed by atoms with Gasteiger partial charge in [-0.05, 0) is 48.7 Å². The van der Waals surface area contributed by atoms with Gasteiger partial charge < -0.3 is 14.8 Å². The van der Waals surface area contributed by atoms with Crippen LogP contribution in [0.25, 0.3) is 0 Å². The van der Waals surface area contributed by atoms with E-state index >= 15 is 0 Å². The zero-order valence-corrected chi connectivity index (χ0v) is 19.6. The number of hydrogen-bond donors (Lipinski definition) is 3. The van der Waals surface area contributed by atoms with Crippen LogP contribution in [0.15, 0.2) is 36.4 Å². The van der Waals surface area contributed by atoms with Crippen molar-refractivity contribution in [1.82, 2.24) is 16.2 Å². The Labute approximate surface area is 196 Å². The van der Waals surface area contributed by atoms with Crippen LogP contribution < -0.4 is 25.6 Å². The average Bonchev–Trinajstić information content (AvgIpc) is 2.75. The second-order valence-electron chi connectivity index (χ2n) is 7.29. The lowest BCUT2D eigenvalue weighted by molar-refractivity contribution is -0.124. The molecular weight excluding hydrogens is 457 g/mol. The summed E-state index contributed by atoms with van der Waals surface area (Å²) in [5.41, 5.74) is 5.13. The standard InChI is InChI=1S/C22H25Cl2N3O5/c1-12(2)9-17(25-21(29)15-7-6-14(23)11-16(15)24)22(30)27-26-20(28)13-5-8-18(31-3)19(10-13)32-4/h5-8,10-12,17H,9H2,1-4H3,(H,25,29)(H,26,28)(H,27,30). The van der Waals surface area contributed by atoms with Gasteiger partial charge in [-0.3, -0.25) is 25.2 Å². The van der Waals surface area contributed by atoms with Crippen molar-refractivity contribution in [2.24, 2.45) is 5.92 Å². The van der Waals surface area contributed by atoms with E-state index < -0.39 is 23.8 Å². The highest BCUT2D eigenvalue weighted by Gasteiger charge is 2.24. The van der Waals surface area contributed by atoms with Gasteiger partial charge in [0.2, 0.25) is 0 Å². The van der Waals surface area contributed by atoms with Crippen LogP contribution in [-0.2, 0) is 4.79 Å². The Morgan fingerprint density at radius 3 is 2.19 bits per heavy atom. The summed E-state index contributed by atoms with van der Waals surface area (Å²) in [6.45, 7) is 3.81. The molecule has 2 aromatic rings. The molecule has 1 unspecified atom stereocenters. The number of carbonyl (C=O) groups is 3. The minimum Gasteiger partial charge on any atom is -0.493 e. The van der Waals surface area contributed by atoms with E-state index in [9.17, 15) is 14.4 Å². The first-order valence-electron chi connectivity index (χ1n) is 9.74. The Bertz CT molecular complexity index is 998. The maximum absolute atomic E-state index is 12.7. The van der Waals surface area contributed by atoms with E-state index in [-0.39, 0.29) is 22.1 Å². The van der Waals surface area contributed by atoms with E-state index in [2.05, 4.69) is 16.2 Å². The second-order valence-corrected chi connectivity index (χ2v) is 8.14. The topological polar surface area (TPSA) is 106 Å². The molecule has 1 atom stereocenters. The van der Waals surface area contributed by atoms with Crippen molar-refractivity contribution in [3.05, 3.63) is 57.6 Å². The van der Waals surface area contributed by atoms with Gasteiger partial charge in [0.05, 0.1) is 24.8 Å². The van der Waals surface area contributed by atoms with E-state index in [1.165, 1.54) is 44.6 Å². The Hall–Kier alpha value is -2.97. The van der Waals surface area contributed by atoms with Crippen LogP contribution in [0.4, 0.5) is 0 Å². The smallest absolute Gasteiger partial charge is 0.269 e. The number of amides is 3. The van der Waals surface area contributed by atoms with E-state index in [1.807, 2.05) is 13.8 Å². The summed E-state index contributed by atoms with van der Waals surface area (Å²) in [5, 5.41) is 3.21. The lowest BCUT2D eigenvalue weighted by atomic mass is 10.0. The third-order valence-corrected chi connectivity index (χ3v) is 5.00. The van der Waals surface area contributed by atoms with E-state index in [1.54, 1.807) is 6.07 Å². The van der Waals surface area contributed by atoms with Crippen LogP contribution >= 0.6 is 23.2 Å². The lowest BCUT2D eigenvalue weighted by Crippen LogP contribution is -2.52. The van der Waals surface area contributed by atoms with Crippen molar-refractivity contribution < 1.29 is 23.9 Å². The van der Waals surface area contributed by atoms with Gasteiger partial charge in [0.15, 0.2) is 11.5 Å². The minimum atomic E-state index is -0.903. The number of rotatable bonds is 8. The van der Waals surface area contributed by atoms with E-state index in [4.69, 9.17) is 32.7 Å². The molecule has 0 radical (unpaired) electrons. The lowest BCUT2D eigenvalue weighted by Gasteiger charge is -2.21. The highest BCUT2D eigenvalue weighted by atomic mass is 35.5. The quantitative estimate of drug-likeness (QED) is 0.499. The number of benzene rings is 2. The van der Waals surface area contributed by atoms with Gasteiger partial charge in [-0.1, -0.05) is 37.0 Å². The number of carbonyl (C=O) groups excluding carboxylic acids is 3. The number of hydrogen-bond acceptors (Lipinski definition) is 5. The van der Waals surface area contributed by atoms with E-state index in [0.29, 0.717) is 22.9 Å². The SMILES string of the molecule is COc1ccc(C(=O)NNC(=O)C(CC(C)C)NC(=O)c2ccc(Cl)cc2Cl)cc1OC. The van der Waals surface area contributed by atoms with Crippen molar-refractivity contribution in [2.45, 2.75) is 26.3 Å². The molecule has 3 N–H and O–H groups in total. The second kappa shape index (κ2) is 11.6. The Morgan fingerprint density at radius 2 is 1.59 bits per heavy atom. The molecule has 2 aromatic carbocycles. The maximum Gasteiger partial charge on any atom is 0.269 e. The van der Waals surface area contributed by atoms with Gasteiger partial charge in [-0.15, -0.1) is 0 Å². The largest absolute Gasteiger partial charge is 0.493 e. The van der Waals surface area contributed by atoms with Crippen molar-refractivity contribution in [1.29, 1.82) is 0 Å². The molecule has 0 aliphatic carbocycles. The fourth-order valence-corrected chi connectivity index (χ4v) is 3.36. The predicted molar refractivity (Wildman–Crippen MR) is 122 cm³/mol. The average molecular weight is 482 g/mol. The number of hydrazine groups is 1. The number of nitrogens with one attached hydrogen (secondary N) is 3. The summed E-state index contributed by atoms with van der Waals surface area (Å²) in [7, 11) is 2.94. The first-order valence-corrected chi connectivity index (χ1v) is 10.5. The molecule has 172 valence electrons. The third-order valence-electron chi connectivity index (χ3n) is 4.45.